The molecule has 1 aromatic heterocycles. The SMILES string of the molecule is Cc1ccc(C(=O)CSc2nnc(CN3CCCCC3)n2-c2ccc(F)cc2)cc1C. The Morgan fingerprint density at radius 3 is 2.45 bits per heavy atom. The summed E-state index contributed by atoms with van der Waals surface area (Å²) in [5.41, 5.74) is 3.79. The Kier molecular flexibility index (Phi) is 6.83. The lowest BCUT2D eigenvalue weighted by Crippen LogP contribution is -2.30. The third-order valence-corrected chi connectivity index (χ3v) is 6.69. The van der Waals surface area contributed by atoms with Gasteiger partial charge >= 0.3 is 0 Å². The topological polar surface area (TPSA) is 51.0 Å². The molecule has 0 aliphatic carbocycles. The van der Waals surface area contributed by atoms with Crippen molar-refractivity contribution in [1.82, 2.24) is 19.7 Å². The molecule has 1 saturated heterocycles. The van der Waals surface area contributed by atoms with Gasteiger partial charge in [-0.15, -0.1) is 10.2 Å². The molecular weight excluding hydrogens is 411 g/mol. The van der Waals surface area contributed by atoms with E-state index in [-0.39, 0.29) is 17.4 Å². The first-order valence-electron chi connectivity index (χ1n) is 10.7. The minimum Gasteiger partial charge on any atom is -0.296 e. The quantitative estimate of drug-likeness (QED) is 0.384. The fraction of sp³-hybridized carbons (Fsp3) is 0.375. The van der Waals surface area contributed by atoms with E-state index in [0.29, 0.717) is 17.3 Å². The summed E-state index contributed by atoms with van der Waals surface area (Å²) in [4.78, 5) is 15.1. The highest BCUT2D eigenvalue weighted by Crippen LogP contribution is 2.25. The van der Waals surface area contributed by atoms with Crippen LogP contribution in [0.3, 0.4) is 0 Å². The van der Waals surface area contributed by atoms with Gasteiger partial charge in [-0.1, -0.05) is 30.3 Å². The van der Waals surface area contributed by atoms with E-state index >= 15 is 0 Å². The first-order chi connectivity index (χ1) is 15.0. The van der Waals surface area contributed by atoms with Gasteiger partial charge in [0.1, 0.15) is 5.82 Å². The van der Waals surface area contributed by atoms with Crippen LogP contribution in [0.25, 0.3) is 5.69 Å². The van der Waals surface area contributed by atoms with Crippen LogP contribution in [-0.2, 0) is 6.54 Å². The molecule has 0 saturated carbocycles. The van der Waals surface area contributed by atoms with Crippen molar-refractivity contribution in [2.24, 2.45) is 0 Å². The Labute approximate surface area is 186 Å². The Morgan fingerprint density at radius 2 is 1.74 bits per heavy atom. The zero-order valence-corrected chi connectivity index (χ0v) is 18.8. The van der Waals surface area contributed by atoms with Gasteiger partial charge in [-0.05, 0) is 81.2 Å². The molecule has 0 spiro atoms. The number of nitrogens with zero attached hydrogens (tertiary/aromatic N) is 4. The molecule has 2 aromatic carbocycles. The summed E-state index contributed by atoms with van der Waals surface area (Å²) in [6.07, 6.45) is 3.65. The van der Waals surface area contributed by atoms with Crippen LogP contribution in [0.2, 0.25) is 0 Å². The van der Waals surface area contributed by atoms with Crippen LogP contribution in [-0.4, -0.2) is 44.3 Å². The summed E-state index contributed by atoms with van der Waals surface area (Å²) < 4.78 is 15.5. The van der Waals surface area contributed by atoms with E-state index < -0.39 is 0 Å². The molecule has 4 rings (SSSR count). The molecule has 3 aromatic rings. The van der Waals surface area contributed by atoms with E-state index in [1.54, 1.807) is 12.1 Å². The number of aromatic nitrogens is 3. The first-order valence-corrected chi connectivity index (χ1v) is 11.7. The zero-order chi connectivity index (χ0) is 21.8. The van der Waals surface area contributed by atoms with Gasteiger partial charge in [0, 0.05) is 11.3 Å². The number of carbonyl (C=O) groups is 1. The molecule has 7 heteroatoms. The first kappa shape index (κ1) is 21.7. The molecule has 1 aliphatic heterocycles. The monoisotopic (exact) mass is 438 g/mol. The highest BCUT2D eigenvalue weighted by atomic mass is 32.2. The second kappa shape index (κ2) is 9.75. The lowest BCUT2D eigenvalue weighted by molar-refractivity contribution is 0.102. The van der Waals surface area contributed by atoms with Crippen LogP contribution >= 0.6 is 11.8 Å². The van der Waals surface area contributed by atoms with Gasteiger partial charge < -0.3 is 0 Å². The number of Topliss-reactive ketones (excluding diaryl/α,β-unsaturated/α-hetero) is 1. The molecule has 0 N–H and O–H groups in total. The second-order valence-electron chi connectivity index (χ2n) is 8.06. The van der Waals surface area contributed by atoms with Gasteiger partial charge in [0.2, 0.25) is 0 Å². The third kappa shape index (κ3) is 5.22. The molecule has 1 aliphatic rings. The average molecular weight is 439 g/mol. The largest absolute Gasteiger partial charge is 0.296 e. The lowest BCUT2D eigenvalue weighted by Gasteiger charge is -2.26. The van der Waals surface area contributed by atoms with E-state index in [1.165, 1.54) is 48.7 Å². The predicted octanol–water partition coefficient (Wildman–Crippen LogP) is 4.98. The summed E-state index contributed by atoms with van der Waals surface area (Å²) in [5.74, 6) is 0.855. The van der Waals surface area contributed by atoms with E-state index in [4.69, 9.17) is 0 Å². The molecule has 2 heterocycles. The summed E-state index contributed by atoms with van der Waals surface area (Å²) in [7, 11) is 0. The molecule has 5 nitrogen and oxygen atoms in total. The fourth-order valence-corrected chi connectivity index (χ4v) is 4.66. The fourth-order valence-electron chi connectivity index (χ4n) is 3.79. The average Bonchev–Trinajstić information content (AvgIpc) is 3.17. The Morgan fingerprint density at radius 1 is 1.00 bits per heavy atom. The molecule has 1 fully saturated rings. The number of piperidine rings is 1. The number of benzene rings is 2. The van der Waals surface area contributed by atoms with E-state index in [1.807, 2.05) is 36.6 Å². The predicted molar refractivity (Wildman–Crippen MR) is 121 cm³/mol. The Bertz CT molecular complexity index is 1060. The van der Waals surface area contributed by atoms with Gasteiger partial charge in [-0.2, -0.15) is 0 Å². The Balaban J connectivity index is 1.56. The number of ketones is 1. The molecular formula is C24H27FN4OS. The maximum Gasteiger partial charge on any atom is 0.196 e. The molecule has 162 valence electrons. The van der Waals surface area contributed by atoms with Crippen LogP contribution in [0.5, 0.6) is 0 Å². The van der Waals surface area contributed by atoms with Crippen LogP contribution in [0.15, 0.2) is 47.6 Å². The number of rotatable bonds is 7. The number of likely N-dealkylation sites (tertiary alicyclic amines) is 1. The molecule has 31 heavy (non-hydrogen) atoms. The molecule has 0 atom stereocenters. The van der Waals surface area contributed by atoms with Crippen molar-refractivity contribution in [1.29, 1.82) is 0 Å². The third-order valence-electron chi connectivity index (χ3n) is 5.76. The summed E-state index contributed by atoms with van der Waals surface area (Å²) in [6, 6.07) is 12.1. The number of hydrogen-bond acceptors (Lipinski definition) is 5. The van der Waals surface area contributed by atoms with Crippen LogP contribution in [0, 0.1) is 19.7 Å². The van der Waals surface area contributed by atoms with Gasteiger partial charge in [-0.25, -0.2) is 4.39 Å². The standard InChI is InChI=1S/C24H27FN4OS/c1-17-6-7-19(14-18(17)2)22(30)16-31-24-27-26-23(15-28-12-4-3-5-13-28)29(24)21-10-8-20(25)9-11-21/h6-11,14H,3-5,12-13,15-16H2,1-2H3. The second-order valence-corrected chi connectivity index (χ2v) is 9.00. The maximum absolute atomic E-state index is 13.5. The summed E-state index contributed by atoms with van der Waals surface area (Å²) in [5, 5.41) is 9.46. The van der Waals surface area contributed by atoms with Crippen molar-refractivity contribution >= 4 is 17.5 Å². The van der Waals surface area contributed by atoms with E-state index in [2.05, 4.69) is 15.1 Å². The maximum atomic E-state index is 13.5. The van der Waals surface area contributed by atoms with Gasteiger partial charge in [0.15, 0.2) is 16.8 Å². The van der Waals surface area contributed by atoms with Gasteiger partial charge in [0.05, 0.1) is 12.3 Å². The normalized spacial score (nSPS) is 14.7. The lowest BCUT2D eigenvalue weighted by atomic mass is 10.0. The van der Waals surface area contributed by atoms with E-state index in [0.717, 1.165) is 30.2 Å². The minimum absolute atomic E-state index is 0.0549. The van der Waals surface area contributed by atoms with E-state index in [9.17, 15) is 9.18 Å². The minimum atomic E-state index is -0.284. The highest BCUT2D eigenvalue weighted by Gasteiger charge is 2.20. The molecule has 0 radical (unpaired) electrons. The number of hydrogen-bond donors (Lipinski definition) is 0. The molecule has 0 bridgehead atoms. The van der Waals surface area contributed by atoms with Crippen molar-refractivity contribution in [2.45, 2.75) is 44.8 Å². The summed E-state index contributed by atoms with van der Waals surface area (Å²) >= 11 is 1.37. The Hall–Kier alpha value is -2.51. The van der Waals surface area contributed by atoms with Crippen LogP contribution in [0.1, 0.15) is 46.6 Å². The van der Waals surface area contributed by atoms with Crippen molar-refractivity contribution in [3.05, 3.63) is 70.8 Å². The van der Waals surface area contributed by atoms with Crippen molar-refractivity contribution in [3.63, 3.8) is 0 Å². The smallest absolute Gasteiger partial charge is 0.196 e. The van der Waals surface area contributed by atoms with Crippen LogP contribution < -0.4 is 0 Å². The summed E-state index contributed by atoms with van der Waals surface area (Å²) in [6.45, 7) is 6.83. The van der Waals surface area contributed by atoms with Gasteiger partial charge in [0.25, 0.3) is 0 Å². The van der Waals surface area contributed by atoms with Crippen molar-refractivity contribution < 1.29 is 9.18 Å². The number of halogens is 1. The van der Waals surface area contributed by atoms with Crippen molar-refractivity contribution in [2.75, 3.05) is 18.8 Å². The molecule has 0 amide bonds. The highest BCUT2D eigenvalue weighted by molar-refractivity contribution is 7.99. The zero-order valence-electron chi connectivity index (χ0n) is 18.0. The van der Waals surface area contributed by atoms with Crippen molar-refractivity contribution in [3.8, 4) is 5.69 Å². The van der Waals surface area contributed by atoms with Gasteiger partial charge in [-0.3, -0.25) is 14.3 Å². The number of aryl methyl sites for hydroxylation is 2. The number of thioether (sulfide) groups is 1. The van der Waals surface area contributed by atoms with Crippen LogP contribution in [0.4, 0.5) is 4.39 Å². The molecule has 0 unspecified atom stereocenters. The number of carbonyl (C=O) groups excluding carboxylic acids is 1.